The number of carbonyl (C=O) groups is 2. The zero-order chi connectivity index (χ0) is 23.9. The highest BCUT2D eigenvalue weighted by molar-refractivity contribution is 6.47. The number of rotatable bonds is 5. The number of amides is 2. The first-order valence-electron chi connectivity index (χ1n) is 11.4. The predicted molar refractivity (Wildman–Crippen MR) is 133 cm³/mol. The Morgan fingerprint density at radius 2 is 1.91 bits per heavy atom. The predicted octanol–water partition coefficient (Wildman–Crippen LogP) is 3.42. The molecule has 2 amide bonds. The van der Waals surface area contributed by atoms with Crippen molar-refractivity contribution in [3.05, 3.63) is 54.7 Å². The van der Waals surface area contributed by atoms with Crippen LogP contribution in [0.4, 0.5) is 11.4 Å². The molecule has 1 atom stereocenters. The highest BCUT2D eigenvalue weighted by Crippen LogP contribution is 2.34. The molecule has 3 heterocycles. The summed E-state index contributed by atoms with van der Waals surface area (Å²) in [5, 5.41) is 11.2. The van der Waals surface area contributed by atoms with E-state index in [9.17, 15) is 9.59 Å². The number of aromatic nitrogens is 2. The number of hydrogen-bond donors (Lipinski definition) is 2. The quantitative estimate of drug-likeness (QED) is 0.573. The second-order valence-corrected chi connectivity index (χ2v) is 9.26. The SMILES string of the molecule is CC(C)CCN1C(=O)C(=O)N(c2ccccc2)C2(C)CN=C(Nc3ccc4[nH]ncc4c3)N=C12. The van der Waals surface area contributed by atoms with Crippen molar-refractivity contribution in [3.63, 3.8) is 0 Å². The van der Waals surface area contributed by atoms with Crippen LogP contribution in [0.25, 0.3) is 10.9 Å². The zero-order valence-electron chi connectivity index (χ0n) is 19.4. The number of nitrogens with zero attached hydrogens (tertiary/aromatic N) is 5. The minimum absolute atomic E-state index is 0.272. The second kappa shape index (κ2) is 8.40. The van der Waals surface area contributed by atoms with Crippen LogP contribution in [-0.2, 0) is 9.59 Å². The Balaban J connectivity index is 1.53. The Kier molecular flexibility index (Phi) is 5.39. The normalized spacial score (nSPS) is 20.5. The number of fused-ring (bicyclic) bond motifs is 2. The number of guanidine groups is 1. The van der Waals surface area contributed by atoms with E-state index in [1.165, 1.54) is 9.80 Å². The van der Waals surface area contributed by atoms with Crippen molar-refractivity contribution in [2.75, 3.05) is 23.3 Å². The highest BCUT2D eigenvalue weighted by Gasteiger charge is 2.53. The molecule has 1 fully saturated rings. The number of hydrogen-bond acceptors (Lipinski definition) is 6. The maximum Gasteiger partial charge on any atom is 0.317 e. The van der Waals surface area contributed by atoms with Crippen LogP contribution >= 0.6 is 0 Å². The average molecular weight is 458 g/mol. The fraction of sp³-hybridized carbons (Fsp3) is 0.320. The number of para-hydroxylation sites is 1. The number of carbonyl (C=O) groups excluding carboxylic acids is 2. The summed E-state index contributed by atoms with van der Waals surface area (Å²) in [4.78, 5) is 39.2. The summed E-state index contributed by atoms with van der Waals surface area (Å²) in [6, 6.07) is 15.0. The molecule has 0 saturated carbocycles. The molecule has 0 bridgehead atoms. The monoisotopic (exact) mass is 457 g/mol. The van der Waals surface area contributed by atoms with E-state index in [0.717, 1.165) is 23.0 Å². The third kappa shape index (κ3) is 3.72. The molecule has 5 rings (SSSR count). The van der Waals surface area contributed by atoms with Gasteiger partial charge in [-0.3, -0.25) is 24.5 Å². The second-order valence-electron chi connectivity index (χ2n) is 9.26. The van der Waals surface area contributed by atoms with E-state index in [4.69, 9.17) is 4.99 Å². The molecule has 0 aliphatic carbocycles. The molecule has 0 spiro atoms. The fourth-order valence-corrected chi connectivity index (χ4v) is 4.40. The summed E-state index contributed by atoms with van der Waals surface area (Å²) < 4.78 is 0. The zero-order valence-corrected chi connectivity index (χ0v) is 19.4. The first-order valence-corrected chi connectivity index (χ1v) is 11.4. The van der Waals surface area contributed by atoms with Crippen LogP contribution in [0.3, 0.4) is 0 Å². The number of aromatic amines is 1. The Morgan fingerprint density at radius 1 is 1.12 bits per heavy atom. The molecule has 2 N–H and O–H groups in total. The van der Waals surface area contributed by atoms with Gasteiger partial charge in [0.15, 0.2) is 0 Å². The average Bonchev–Trinajstić information content (AvgIpc) is 3.29. The van der Waals surface area contributed by atoms with Gasteiger partial charge >= 0.3 is 11.8 Å². The van der Waals surface area contributed by atoms with Gasteiger partial charge in [-0.05, 0) is 49.6 Å². The van der Waals surface area contributed by atoms with Gasteiger partial charge < -0.3 is 5.32 Å². The van der Waals surface area contributed by atoms with Crippen LogP contribution in [-0.4, -0.2) is 57.3 Å². The van der Waals surface area contributed by atoms with E-state index in [1.807, 2.05) is 55.5 Å². The molecule has 2 aliphatic heterocycles. The van der Waals surface area contributed by atoms with Gasteiger partial charge in [-0.1, -0.05) is 32.0 Å². The summed E-state index contributed by atoms with van der Waals surface area (Å²) in [6.45, 7) is 6.80. The molecule has 9 heteroatoms. The van der Waals surface area contributed by atoms with E-state index in [-0.39, 0.29) is 6.54 Å². The van der Waals surface area contributed by atoms with Crippen LogP contribution in [0.15, 0.2) is 64.7 Å². The summed E-state index contributed by atoms with van der Waals surface area (Å²) in [5.41, 5.74) is 1.51. The van der Waals surface area contributed by atoms with Crippen molar-refractivity contribution in [3.8, 4) is 0 Å². The smallest absolute Gasteiger partial charge is 0.317 e. The molecule has 2 aromatic carbocycles. The Labute approximate surface area is 197 Å². The van der Waals surface area contributed by atoms with Gasteiger partial charge in [0.1, 0.15) is 11.4 Å². The van der Waals surface area contributed by atoms with Crippen LogP contribution in [0.2, 0.25) is 0 Å². The van der Waals surface area contributed by atoms with Crippen molar-refractivity contribution in [2.24, 2.45) is 15.9 Å². The lowest BCUT2D eigenvalue weighted by Crippen LogP contribution is -2.72. The topological polar surface area (TPSA) is 106 Å². The molecule has 1 aromatic heterocycles. The van der Waals surface area contributed by atoms with Crippen molar-refractivity contribution in [1.82, 2.24) is 15.1 Å². The lowest BCUT2D eigenvalue weighted by molar-refractivity contribution is -0.143. The summed E-state index contributed by atoms with van der Waals surface area (Å²) in [6.07, 6.45) is 2.51. The van der Waals surface area contributed by atoms with Crippen molar-refractivity contribution >= 4 is 45.9 Å². The Morgan fingerprint density at radius 3 is 2.68 bits per heavy atom. The first kappa shape index (κ1) is 21.8. The van der Waals surface area contributed by atoms with Gasteiger partial charge in [-0.25, -0.2) is 4.99 Å². The minimum Gasteiger partial charge on any atom is -0.324 e. The third-order valence-corrected chi connectivity index (χ3v) is 6.25. The lowest BCUT2D eigenvalue weighted by atomic mass is 9.91. The summed E-state index contributed by atoms with van der Waals surface area (Å²) in [7, 11) is 0. The summed E-state index contributed by atoms with van der Waals surface area (Å²) >= 11 is 0. The number of anilines is 2. The molecule has 0 radical (unpaired) electrons. The molecule has 1 saturated heterocycles. The molecule has 174 valence electrons. The van der Waals surface area contributed by atoms with Crippen LogP contribution in [0.1, 0.15) is 27.2 Å². The van der Waals surface area contributed by atoms with Crippen LogP contribution in [0.5, 0.6) is 0 Å². The van der Waals surface area contributed by atoms with Gasteiger partial charge in [0.25, 0.3) is 0 Å². The number of benzene rings is 2. The van der Waals surface area contributed by atoms with Gasteiger partial charge in [-0.15, -0.1) is 0 Å². The molecule has 9 nitrogen and oxygen atoms in total. The van der Waals surface area contributed by atoms with E-state index >= 15 is 0 Å². The van der Waals surface area contributed by atoms with E-state index in [1.54, 1.807) is 6.20 Å². The van der Waals surface area contributed by atoms with Gasteiger partial charge in [0.2, 0.25) is 5.96 Å². The molecule has 34 heavy (non-hydrogen) atoms. The Bertz CT molecular complexity index is 1310. The van der Waals surface area contributed by atoms with Crippen LogP contribution in [0, 0.1) is 5.92 Å². The molecule has 2 aliphatic rings. The number of H-pyrrole nitrogens is 1. The highest BCUT2D eigenvalue weighted by atomic mass is 16.2. The van der Waals surface area contributed by atoms with Gasteiger partial charge in [0, 0.05) is 23.3 Å². The van der Waals surface area contributed by atoms with Crippen molar-refractivity contribution in [1.29, 1.82) is 0 Å². The number of amidine groups is 1. The standard InChI is InChI=1S/C25H27N7O2/c1-16(2)11-12-31-21(33)22(34)32(19-7-5-4-6-8-19)25(3)15-26-24(29-23(25)31)28-18-9-10-20-17(13-18)14-27-30-20/h4-10,13-14,16H,11-12,15H2,1-3H3,(H,26,28)(H,27,30). The number of piperazine rings is 1. The number of nitrogens with one attached hydrogen (secondary N) is 2. The minimum atomic E-state index is -0.886. The first-order chi connectivity index (χ1) is 16.4. The van der Waals surface area contributed by atoms with Crippen LogP contribution < -0.4 is 10.2 Å². The molecular weight excluding hydrogens is 430 g/mol. The molecule has 3 aromatic rings. The fourth-order valence-electron chi connectivity index (χ4n) is 4.40. The maximum absolute atomic E-state index is 13.3. The van der Waals surface area contributed by atoms with Crippen molar-refractivity contribution in [2.45, 2.75) is 32.7 Å². The molecule has 1 unspecified atom stereocenters. The van der Waals surface area contributed by atoms with E-state index in [2.05, 4.69) is 34.4 Å². The van der Waals surface area contributed by atoms with E-state index in [0.29, 0.717) is 29.9 Å². The largest absolute Gasteiger partial charge is 0.324 e. The number of aliphatic imine (C=N–C) groups is 2. The van der Waals surface area contributed by atoms with Gasteiger partial charge in [-0.2, -0.15) is 10.1 Å². The van der Waals surface area contributed by atoms with Gasteiger partial charge in [0.05, 0.1) is 18.3 Å². The third-order valence-electron chi connectivity index (χ3n) is 6.25. The van der Waals surface area contributed by atoms with E-state index < -0.39 is 17.4 Å². The Hall–Kier alpha value is -4.01. The molecular formula is C25H27N7O2. The summed E-state index contributed by atoms with van der Waals surface area (Å²) in [5.74, 6) is 0.178. The maximum atomic E-state index is 13.3. The lowest BCUT2D eigenvalue weighted by Gasteiger charge is -2.49. The van der Waals surface area contributed by atoms with Crippen molar-refractivity contribution < 1.29 is 9.59 Å².